The number of hydrogen-bond acceptors (Lipinski definition) is 2. The molecule has 0 bridgehead atoms. The second-order valence-corrected chi connectivity index (χ2v) is 3.61. The van der Waals surface area contributed by atoms with Gasteiger partial charge in [-0.2, -0.15) is 0 Å². The topological polar surface area (TPSA) is 35.2 Å². The van der Waals surface area contributed by atoms with E-state index in [2.05, 4.69) is 35.0 Å². The Morgan fingerprint density at radius 1 is 1.43 bits per heavy atom. The quantitative estimate of drug-likeness (QED) is 0.920. The van der Waals surface area contributed by atoms with Gasteiger partial charge in [-0.1, -0.05) is 13.0 Å². The van der Waals surface area contributed by atoms with Crippen LogP contribution in [0, 0.1) is 0 Å². The van der Waals surface area contributed by atoms with E-state index in [0.29, 0.717) is 13.2 Å². The van der Waals surface area contributed by atoms with Gasteiger partial charge >= 0.3 is 0 Å². The van der Waals surface area contributed by atoms with Crippen LogP contribution in [0.4, 0.5) is 0 Å². The van der Waals surface area contributed by atoms with E-state index in [0.717, 1.165) is 16.6 Å². The van der Waals surface area contributed by atoms with Crippen molar-refractivity contribution in [2.75, 3.05) is 13.2 Å². The molecule has 1 aromatic rings. The number of aryl methyl sites for hydroxylation is 1. The van der Waals surface area contributed by atoms with Gasteiger partial charge < -0.3 is 10.5 Å². The molecule has 4 heteroatoms. The molecule has 1 aromatic carbocycles. The maximum atomic E-state index is 5.41. The highest BCUT2D eigenvalue weighted by Gasteiger charge is 2.00. The van der Waals surface area contributed by atoms with E-state index in [1.165, 1.54) is 5.56 Å². The van der Waals surface area contributed by atoms with Gasteiger partial charge in [0.15, 0.2) is 0 Å². The van der Waals surface area contributed by atoms with Gasteiger partial charge in [-0.15, -0.1) is 12.4 Å². The molecular weight excluding hydrogens is 265 g/mol. The summed E-state index contributed by atoms with van der Waals surface area (Å²) in [6.45, 7) is 3.23. The first kappa shape index (κ1) is 13.8. The Balaban J connectivity index is 0.00000169. The van der Waals surface area contributed by atoms with Crippen LogP contribution in [0.3, 0.4) is 0 Å². The zero-order valence-electron chi connectivity index (χ0n) is 8.13. The van der Waals surface area contributed by atoms with Gasteiger partial charge in [0.1, 0.15) is 12.4 Å². The molecule has 0 amide bonds. The lowest BCUT2D eigenvalue weighted by atomic mass is 10.2. The van der Waals surface area contributed by atoms with Gasteiger partial charge in [-0.05, 0) is 40.0 Å². The molecule has 80 valence electrons. The van der Waals surface area contributed by atoms with E-state index in [9.17, 15) is 0 Å². The number of hydrogen-bond donors (Lipinski definition) is 1. The van der Waals surface area contributed by atoms with Gasteiger partial charge in [0.2, 0.25) is 0 Å². The normalized spacial score (nSPS) is 9.36. The van der Waals surface area contributed by atoms with Crippen LogP contribution in [-0.4, -0.2) is 13.2 Å². The molecular formula is C10H15BrClNO. The van der Waals surface area contributed by atoms with E-state index in [4.69, 9.17) is 10.5 Å². The van der Waals surface area contributed by atoms with Crippen molar-refractivity contribution in [2.24, 2.45) is 5.73 Å². The van der Waals surface area contributed by atoms with Crippen LogP contribution >= 0.6 is 28.3 Å². The SMILES string of the molecule is CCc1ccc(OCCN)c(Br)c1.Cl. The maximum Gasteiger partial charge on any atom is 0.133 e. The minimum absolute atomic E-state index is 0. The lowest BCUT2D eigenvalue weighted by molar-refractivity contribution is 0.326. The van der Waals surface area contributed by atoms with Crippen LogP contribution in [-0.2, 0) is 6.42 Å². The summed E-state index contributed by atoms with van der Waals surface area (Å²) in [6.07, 6.45) is 1.04. The maximum absolute atomic E-state index is 5.41. The monoisotopic (exact) mass is 279 g/mol. The minimum Gasteiger partial charge on any atom is -0.491 e. The summed E-state index contributed by atoms with van der Waals surface area (Å²) in [5.41, 5.74) is 6.64. The molecule has 2 nitrogen and oxygen atoms in total. The Bertz CT molecular complexity index is 281. The standard InChI is InChI=1S/C10H14BrNO.ClH/c1-2-8-3-4-10(9(11)7-8)13-6-5-12;/h3-4,7H,2,5-6,12H2,1H3;1H. The van der Waals surface area contributed by atoms with Crippen molar-refractivity contribution in [3.63, 3.8) is 0 Å². The van der Waals surface area contributed by atoms with Gasteiger partial charge in [-0.25, -0.2) is 0 Å². The van der Waals surface area contributed by atoms with Gasteiger partial charge in [0.05, 0.1) is 4.47 Å². The first-order valence-corrected chi connectivity index (χ1v) is 5.18. The molecule has 0 unspecified atom stereocenters. The molecule has 0 radical (unpaired) electrons. The largest absolute Gasteiger partial charge is 0.491 e. The fourth-order valence-corrected chi connectivity index (χ4v) is 1.59. The Kier molecular flexibility index (Phi) is 6.97. The molecule has 0 aromatic heterocycles. The average Bonchev–Trinajstić information content (AvgIpc) is 2.16. The summed E-state index contributed by atoms with van der Waals surface area (Å²) in [5.74, 6) is 0.864. The van der Waals surface area contributed by atoms with Crippen LogP contribution in [0.2, 0.25) is 0 Å². The number of rotatable bonds is 4. The summed E-state index contributed by atoms with van der Waals surface area (Å²) in [4.78, 5) is 0. The summed E-state index contributed by atoms with van der Waals surface area (Å²) in [7, 11) is 0. The summed E-state index contributed by atoms with van der Waals surface area (Å²) >= 11 is 3.45. The molecule has 0 aliphatic carbocycles. The van der Waals surface area contributed by atoms with Crippen LogP contribution in [0.5, 0.6) is 5.75 Å². The predicted octanol–water partition coefficient (Wildman–Crippen LogP) is 2.77. The molecule has 0 heterocycles. The number of benzene rings is 1. The van der Waals surface area contributed by atoms with Crippen LogP contribution < -0.4 is 10.5 Å². The summed E-state index contributed by atoms with van der Waals surface area (Å²) in [5, 5.41) is 0. The Morgan fingerprint density at radius 3 is 2.64 bits per heavy atom. The van der Waals surface area contributed by atoms with Gasteiger partial charge in [0, 0.05) is 6.54 Å². The average molecular weight is 281 g/mol. The highest BCUT2D eigenvalue weighted by atomic mass is 79.9. The van der Waals surface area contributed by atoms with E-state index >= 15 is 0 Å². The molecule has 0 spiro atoms. The molecule has 0 saturated carbocycles. The molecule has 0 atom stereocenters. The first-order valence-electron chi connectivity index (χ1n) is 4.39. The number of nitrogens with two attached hydrogens (primary N) is 1. The van der Waals surface area contributed by atoms with Crippen molar-refractivity contribution < 1.29 is 4.74 Å². The second-order valence-electron chi connectivity index (χ2n) is 2.76. The highest BCUT2D eigenvalue weighted by Crippen LogP contribution is 2.25. The molecule has 0 aliphatic rings. The van der Waals surface area contributed by atoms with Crippen LogP contribution in [0.25, 0.3) is 0 Å². The number of ether oxygens (including phenoxy) is 1. The van der Waals surface area contributed by atoms with E-state index in [1.54, 1.807) is 0 Å². The van der Waals surface area contributed by atoms with Gasteiger partial charge in [-0.3, -0.25) is 0 Å². The van der Waals surface area contributed by atoms with Crippen LogP contribution in [0.15, 0.2) is 22.7 Å². The number of halogens is 2. The lowest BCUT2D eigenvalue weighted by Gasteiger charge is -2.07. The Labute approximate surface area is 99.4 Å². The molecule has 0 saturated heterocycles. The van der Waals surface area contributed by atoms with Crippen molar-refractivity contribution in [2.45, 2.75) is 13.3 Å². The van der Waals surface area contributed by atoms with Gasteiger partial charge in [0.25, 0.3) is 0 Å². The van der Waals surface area contributed by atoms with E-state index in [-0.39, 0.29) is 12.4 Å². The minimum atomic E-state index is 0. The van der Waals surface area contributed by atoms with Crippen molar-refractivity contribution in [1.29, 1.82) is 0 Å². The van der Waals surface area contributed by atoms with Crippen molar-refractivity contribution in [3.8, 4) is 5.75 Å². The predicted molar refractivity (Wildman–Crippen MR) is 65.3 cm³/mol. The van der Waals surface area contributed by atoms with Crippen molar-refractivity contribution >= 4 is 28.3 Å². The summed E-state index contributed by atoms with van der Waals surface area (Å²) < 4.78 is 6.41. The summed E-state index contributed by atoms with van der Waals surface area (Å²) in [6, 6.07) is 6.11. The zero-order valence-corrected chi connectivity index (χ0v) is 10.5. The smallest absolute Gasteiger partial charge is 0.133 e. The van der Waals surface area contributed by atoms with Crippen molar-refractivity contribution in [3.05, 3.63) is 28.2 Å². The molecule has 0 fully saturated rings. The van der Waals surface area contributed by atoms with E-state index in [1.807, 2.05) is 6.07 Å². The van der Waals surface area contributed by atoms with Crippen molar-refractivity contribution in [1.82, 2.24) is 0 Å². The third-order valence-corrected chi connectivity index (χ3v) is 2.40. The van der Waals surface area contributed by atoms with E-state index < -0.39 is 0 Å². The second kappa shape index (κ2) is 7.10. The molecule has 14 heavy (non-hydrogen) atoms. The molecule has 2 N–H and O–H groups in total. The Morgan fingerprint density at radius 2 is 2.14 bits per heavy atom. The lowest BCUT2D eigenvalue weighted by Crippen LogP contribution is -2.10. The fraction of sp³-hybridized carbons (Fsp3) is 0.400. The third-order valence-electron chi connectivity index (χ3n) is 1.78. The molecule has 0 aliphatic heterocycles. The zero-order chi connectivity index (χ0) is 9.68. The highest BCUT2D eigenvalue weighted by molar-refractivity contribution is 9.10. The Hall–Kier alpha value is -0.250. The van der Waals surface area contributed by atoms with Crippen LogP contribution in [0.1, 0.15) is 12.5 Å². The molecule has 1 rings (SSSR count). The third kappa shape index (κ3) is 3.86. The first-order chi connectivity index (χ1) is 6.27. The fourth-order valence-electron chi connectivity index (χ4n) is 1.05.